The number of carbonyl (C=O) groups is 5. The average Bonchev–Trinajstić information content (AvgIpc) is 0.680. The van der Waals surface area contributed by atoms with Gasteiger partial charge in [-0.3, -0.25) is 4.79 Å². The summed E-state index contributed by atoms with van der Waals surface area (Å²) in [5, 5.41) is 12.1. The molecule has 0 unspecified atom stereocenters. The van der Waals surface area contributed by atoms with Crippen LogP contribution in [0.5, 0.6) is 0 Å². The van der Waals surface area contributed by atoms with E-state index in [2.05, 4.69) is 54.5 Å². The maximum atomic E-state index is 14.7. The summed E-state index contributed by atoms with van der Waals surface area (Å²) in [5.41, 5.74) is 1.88. The number of fused-ring (bicyclic) bond motifs is 7. The third kappa shape index (κ3) is 12.1. The summed E-state index contributed by atoms with van der Waals surface area (Å²) < 4.78 is 59.2. The molecule has 12 rings (SSSR count). The van der Waals surface area contributed by atoms with Crippen molar-refractivity contribution in [2.75, 3.05) is 6.61 Å². The lowest BCUT2D eigenvalue weighted by Gasteiger charge is -2.71. The zero-order chi connectivity index (χ0) is 64.1. The van der Waals surface area contributed by atoms with Crippen LogP contribution in [0.2, 0.25) is 0 Å². The molecule has 7 aliphatic rings. The Labute approximate surface area is 534 Å². The van der Waals surface area contributed by atoms with E-state index in [1.165, 1.54) is 5.57 Å². The number of aliphatic hydroxyl groups is 1. The fourth-order valence-electron chi connectivity index (χ4n) is 17.7. The number of hydrogen-bond donors (Lipinski definition) is 1. The fourth-order valence-corrected chi connectivity index (χ4v) is 17.7. The van der Waals surface area contributed by atoms with Gasteiger partial charge < -0.3 is 47.7 Å². The number of benzene rings is 5. The first-order valence-electron chi connectivity index (χ1n) is 32.8. The smallest absolute Gasteiger partial charge is 0.338 e. The Kier molecular flexibility index (Phi) is 17.9. The Morgan fingerprint density at radius 1 is 0.527 bits per heavy atom. The summed E-state index contributed by atoms with van der Waals surface area (Å²) in [6.07, 6.45) is -2.26. The molecule has 0 spiro atoms. The highest BCUT2D eigenvalue weighted by Gasteiger charge is 2.70. The number of esters is 5. The van der Waals surface area contributed by atoms with Gasteiger partial charge in [-0.2, -0.15) is 0 Å². The monoisotopic (exact) mass is 1240 g/mol. The third-order valence-electron chi connectivity index (χ3n) is 22.9. The number of allylic oxidation sites excluding steroid dienone is 2. The maximum Gasteiger partial charge on any atom is 0.338 e. The van der Waals surface area contributed by atoms with Gasteiger partial charge in [-0.15, -0.1) is 0 Å². The van der Waals surface area contributed by atoms with Crippen LogP contribution in [0.1, 0.15) is 167 Å². The molecule has 482 valence electrons. The molecule has 4 saturated carbocycles. The summed E-state index contributed by atoms with van der Waals surface area (Å²) in [5.74, 6) is -2.62. The molecule has 15 nitrogen and oxygen atoms in total. The summed E-state index contributed by atoms with van der Waals surface area (Å²) in [4.78, 5) is 71.8. The van der Waals surface area contributed by atoms with Gasteiger partial charge in [-0.25, -0.2) is 19.2 Å². The number of ether oxygens (including phenoxy) is 9. The van der Waals surface area contributed by atoms with Crippen LogP contribution in [-0.4, -0.2) is 103 Å². The summed E-state index contributed by atoms with van der Waals surface area (Å²) >= 11 is 0. The highest BCUT2D eigenvalue weighted by molar-refractivity contribution is 5.91. The first-order valence-corrected chi connectivity index (χ1v) is 32.8. The Morgan fingerprint density at radius 2 is 1.03 bits per heavy atom. The van der Waals surface area contributed by atoms with Crippen LogP contribution in [0.3, 0.4) is 0 Å². The Bertz CT molecular complexity index is 3450. The Balaban J connectivity index is 0.858. The fraction of sp³-hybridized carbons (Fsp3) is 0.513. The summed E-state index contributed by atoms with van der Waals surface area (Å²) in [6.45, 7) is 18.4. The van der Waals surface area contributed by atoms with Crippen LogP contribution in [-0.2, 0) is 54.0 Å². The second-order valence-corrected chi connectivity index (χ2v) is 28.9. The predicted molar refractivity (Wildman–Crippen MR) is 338 cm³/mol. The first-order chi connectivity index (χ1) is 43.5. The van der Waals surface area contributed by atoms with Crippen LogP contribution in [0.15, 0.2) is 163 Å². The quantitative estimate of drug-likeness (QED) is 0.0451. The van der Waals surface area contributed by atoms with Crippen LogP contribution in [0, 0.1) is 50.2 Å². The van der Waals surface area contributed by atoms with Crippen molar-refractivity contribution < 1.29 is 71.7 Å². The minimum Gasteiger partial charge on any atom is -0.460 e. The van der Waals surface area contributed by atoms with Crippen LogP contribution >= 0.6 is 0 Å². The van der Waals surface area contributed by atoms with E-state index in [0.717, 1.165) is 63.4 Å². The number of carbonyl (C=O) groups excluding carboxylic acids is 5. The standard InChI is InChI=1S/C76H88O15/c1-47-59(87-64(78)49-26-16-10-17-27-49)61(89-66(80)51-30-20-12-21-31-51)63(90-67(81)52-32-22-13-23-33-52)69(85-47)91-62-60(88-65(79)50-28-18-11-19-29-50)55(77)46-83-68(62)86-58-37-38-73(6)56(72(58,4)5)36-39-75(8)57(73)35-34-53-54-44-71(2,3)40-42-76(54,43-41-74(53,75)7)70(82)84-45-48-24-14-9-15-25-48/h9-34,47,54-63,68-69,77H,35-46H2,1-8H3/t47-,54-,55-,56-,57+,58-,59-,60-,61+,62+,63+,68-,69-,73-,74+,75+,76-/m0/s1. The van der Waals surface area contributed by atoms with Gasteiger partial charge in [0.15, 0.2) is 43.1 Å². The molecule has 2 aliphatic heterocycles. The predicted octanol–water partition coefficient (Wildman–Crippen LogP) is 13.7. The molecule has 0 radical (unpaired) electrons. The van der Waals surface area contributed by atoms with E-state index in [1.54, 1.807) is 128 Å². The second kappa shape index (κ2) is 25.5. The van der Waals surface area contributed by atoms with Gasteiger partial charge in [0.25, 0.3) is 0 Å². The highest BCUT2D eigenvalue weighted by Crippen LogP contribution is 2.76. The number of rotatable bonds is 15. The Morgan fingerprint density at radius 3 is 1.59 bits per heavy atom. The van der Waals surface area contributed by atoms with E-state index >= 15 is 0 Å². The molecule has 5 aliphatic carbocycles. The van der Waals surface area contributed by atoms with Crippen LogP contribution in [0.4, 0.5) is 0 Å². The van der Waals surface area contributed by atoms with Crippen molar-refractivity contribution in [3.8, 4) is 0 Å². The van der Waals surface area contributed by atoms with Crippen molar-refractivity contribution in [2.45, 2.75) is 188 Å². The zero-order valence-corrected chi connectivity index (χ0v) is 53.7. The lowest BCUT2D eigenvalue weighted by molar-refractivity contribution is -0.362. The molecule has 2 saturated heterocycles. The average molecular weight is 1240 g/mol. The van der Waals surface area contributed by atoms with Crippen molar-refractivity contribution in [3.63, 3.8) is 0 Å². The van der Waals surface area contributed by atoms with E-state index < -0.39 is 96.1 Å². The molecule has 6 fully saturated rings. The number of aliphatic hydroxyl groups excluding tert-OH is 1. The van der Waals surface area contributed by atoms with Gasteiger partial charge in [0.05, 0.1) is 46.5 Å². The highest BCUT2D eigenvalue weighted by atomic mass is 16.8. The van der Waals surface area contributed by atoms with Gasteiger partial charge in [0.1, 0.15) is 12.7 Å². The van der Waals surface area contributed by atoms with Crippen molar-refractivity contribution in [2.24, 2.45) is 50.2 Å². The molecule has 0 amide bonds. The van der Waals surface area contributed by atoms with E-state index in [9.17, 15) is 29.1 Å². The second-order valence-electron chi connectivity index (χ2n) is 28.9. The van der Waals surface area contributed by atoms with E-state index in [1.807, 2.05) is 30.3 Å². The van der Waals surface area contributed by atoms with Crippen molar-refractivity contribution in [1.29, 1.82) is 0 Å². The molecule has 5 aromatic carbocycles. The van der Waals surface area contributed by atoms with Gasteiger partial charge >= 0.3 is 29.8 Å². The molecule has 1 N–H and O–H groups in total. The van der Waals surface area contributed by atoms with Gasteiger partial charge in [-0.05, 0) is 170 Å². The summed E-state index contributed by atoms with van der Waals surface area (Å²) in [7, 11) is 0. The lowest BCUT2D eigenvalue weighted by atomic mass is 9.33. The SMILES string of the molecule is C[C@@H]1O[C@@H](O[C@H]2[C@H](O[C@H]3CC[C@]4(C)[C@H]5CC=C6[C@@H]7CC(C)(C)CC[C@]7(C(=O)OCc7ccccc7)CC[C@@]6(C)[C@]5(C)CC[C@H]4C3(C)C)OC[C@H](O)[C@@H]2OC(=O)c2ccccc2)[C@H](OC(=O)c2ccccc2)[C@H](OC(=O)c2ccccc2)[C@H]1OC(=O)c1ccccc1. The summed E-state index contributed by atoms with van der Waals surface area (Å²) in [6, 6.07) is 43.1. The first kappa shape index (κ1) is 64.1. The van der Waals surface area contributed by atoms with E-state index in [4.69, 9.17) is 42.6 Å². The van der Waals surface area contributed by atoms with Gasteiger partial charge in [-0.1, -0.05) is 163 Å². The molecule has 0 bridgehead atoms. The maximum absolute atomic E-state index is 14.7. The normalized spacial score (nSPS) is 35.4. The zero-order valence-electron chi connectivity index (χ0n) is 53.7. The topological polar surface area (TPSA) is 189 Å². The van der Waals surface area contributed by atoms with Crippen molar-refractivity contribution in [1.82, 2.24) is 0 Å². The molecule has 2 heterocycles. The molecule has 0 aromatic heterocycles. The molecule has 91 heavy (non-hydrogen) atoms. The van der Waals surface area contributed by atoms with E-state index in [0.29, 0.717) is 12.3 Å². The lowest BCUT2D eigenvalue weighted by Crippen LogP contribution is -2.66. The third-order valence-corrected chi connectivity index (χ3v) is 22.9. The minimum atomic E-state index is -1.68. The molecule has 15 heteroatoms. The number of hydrogen-bond acceptors (Lipinski definition) is 15. The van der Waals surface area contributed by atoms with Gasteiger partial charge in [0.2, 0.25) is 0 Å². The van der Waals surface area contributed by atoms with Gasteiger partial charge in [0, 0.05) is 0 Å². The minimum absolute atomic E-state index is 0.0521. The van der Waals surface area contributed by atoms with E-state index in [-0.39, 0.29) is 74.9 Å². The van der Waals surface area contributed by atoms with Crippen molar-refractivity contribution >= 4 is 29.8 Å². The molecule has 17 atom stereocenters. The molecule has 5 aromatic rings. The van der Waals surface area contributed by atoms with Crippen LogP contribution in [0.25, 0.3) is 0 Å². The van der Waals surface area contributed by atoms with Crippen LogP contribution < -0.4 is 0 Å². The molecular formula is C76H88O15. The van der Waals surface area contributed by atoms with Crippen molar-refractivity contribution in [3.05, 3.63) is 191 Å². The largest absolute Gasteiger partial charge is 0.460 e. The molecular weight excluding hydrogens is 1150 g/mol. The Hall–Kier alpha value is -7.01.